The minimum Gasteiger partial charge on any atom is -0.496 e. The Kier molecular flexibility index (Phi) is 7.23. The van der Waals surface area contributed by atoms with E-state index in [1.54, 1.807) is 32.6 Å². The molecule has 0 saturated carbocycles. The molecule has 1 aliphatic rings. The normalized spacial score (nSPS) is 15.3. The molecule has 0 N–H and O–H groups in total. The van der Waals surface area contributed by atoms with Crippen LogP contribution in [-0.4, -0.2) is 31.4 Å². The lowest BCUT2D eigenvalue weighted by atomic mass is 9.90. The van der Waals surface area contributed by atoms with Crippen LogP contribution in [0.5, 0.6) is 11.5 Å². The smallest absolute Gasteiger partial charge is 0.338 e. The summed E-state index contributed by atoms with van der Waals surface area (Å²) in [6, 6.07) is 16.5. The maximum atomic E-state index is 14.0. The van der Waals surface area contributed by atoms with Gasteiger partial charge in [-0.05, 0) is 70.4 Å². The van der Waals surface area contributed by atoms with Crippen molar-refractivity contribution >= 4 is 50.1 Å². The summed E-state index contributed by atoms with van der Waals surface area (Å²) in [6.07, 6.45) is 1.81. The number of thiazole rings is 1. The number of halogens is 1. The van der Waals surface area contributed by atoms with E-state index in [1.165, 1.54) is 11.3 Å². The fourth-order valence-electron chi connectivity index (χ4n) is 4.72. The highest BCUT2D eigenvalue weighted by Gasteiger charge is 2.36. The standard InChI is InChI=1S/C29H25BrN2O5S/c1-5-37-28(34)24-16(2)31-29-32(26(24)25-19-9-7-6-8-18(19)11-13-22(25)36-4)27(33)23(38-29)15-17-10-12-21(35-3)20(30)14-17/h6-15,26H,5H2,1-4H3/b23-15+. The van der Waals surface area contributed by atoms with Crippen molar-refractivity contribution < 1.29 is 19.0 Å². The fraction of sp³-hybridized carbons (Fsp3) is 0.207. The number of hydrogen-bond acceptors (Lipinski definition) is 7. The highest BCUT2D eigenvalue weighted by Crippen LogP contribution is 2.40. The van der Waals surface area contributed by atoms with Crippen LogP contribution in [0.4, 0.5) is 0 Å². The topological polar surface area (TPSA) is 79.1 Å². The Morgan fingerprint density at radius 1 is 1.11 bits per heavy atom. The summed E-state index contributed by atoms with van der Waals surface area (Å²) in [6.45, 7) is 3.73. The highest BCUT2D eigenvalue weighted by atomic mass is 79.9. The minimum absolute atomic E-state index is 0.200. The summed E-state index contributed by atoms with van der Waals surface area (Å²) < 4.78 is 19.4. The van der Waals surface area contributed by atoms with Gasteiger partial charge in [0.1, 0.15) is 17.5 Å². The predicted molar refractivity (Wildman–Crippen MR) is 152 cm³/mol. The minimum atomic E-state index is -0.781. The molecule has 5 rings (SSSR count). The van der Waals surface area contributed by atoms with E-state index in [2.05, 4.69) is 20.9 Å². The molecule has 0 fully saturated rings. The van der Waals surface area contributed by atoms with Crippen LogP contribution in [-0.2, 0) is 9.53 Å². The zero-order valence-electron chi connectivity index (χ0n) is 21.3. The number of nitrogens with zero attached hydrogens (tertiary/aromatic N) is 2. The predicted octanol–water partition coefficient (Wildman–Crippen LogP) is 4.73. The van der Waals surface area contributed by atoms with Crippen molar-refractivity contribution in [2.45, 2.75) is 19.9 Å². The molecule has 0 bridgehead atoms. The monoisotopic (exact) mass is 592 g/mol. The molecular formula is C29H25BrN2O5S. The summed E-state index contributed by atoms with van der Waals surface area (Å²) >= 11 is 4.78. The molecule has 1 aromatic heterocycles. The Bertz CT molecular complexity index is 1790. The number of carbonyl (C=O) groups excluding carboxylic acids is 1. The largest absolute Gasteiger partial charge is 0.496 e. The van der Waals surface area contributed by atoms with Crippen LogP contribution < -0.4 is 24.4 Å². The Labute approximate surface area is 231 Å². The molecule has 38 heavy (non-hydrogen) atoms. The zero-order chi connectivity index (χ0) is 27.0. The molecule has 3 aromatic carbocycles. The van der Waals surface area contributed by atoms with Gasteiger partial charge in [0.15, 0.2) is 4.80 Å². The first-order chi connectivity index (χ1) is 18.4. The third-order valence-electron chi connectivity index (χ3n) is 6.41. The zero-order valence-corrected chi connectivity index (χ0v) is 23.7. The number of esters is 1. The number of allylic oxidation sites excluding steroid dienone is 1. The van der Waals surface area contributed by atoms with Crippen molar-refractivity contribution in [3.8, 4) is 11.5 Å². The van der Waals surface area contributed by atoms with Gasteiger partial charge in [-0.1, -0.05) is 47.7 Å². The van der Waals surface area contributed by atoms with E-state index in [0.29, 0.717) is 37.7 Å². The number of aromatic nitrogens is 1. The molecule has 0 spiro atoms. The highest BCUT2D eigenvalue weighted by molar-refractivity contribution is 9.10. The average molecular weight is 593 g/mol. The van der Waals surface area contributed by atoms with Crippen LogP contribution in [0, 0.1) is 0 Å². The van der Waals surface area contributed by atoms with E-state index in [-0.39, 0.29) is 12.2 Å². The maximum Gasteiger partial charge on any atom is 0.338 e. The van der Waals surface area contributed by atoms with Gasteiger partial charge in [0.05, 0.1) is 41.1 Å². The van der Waals surface area contributed by atoms with Crippen molar-refractivity contribution in [1.82, 2.24) is 4.57 Å². The first-order valence-electron chi connectivity index (χ1n) is 12.0. The van der Waals surface area contributed by atoms with Crippen molar-refractivity contribution in [3.05, 3.63) is 101 Å². The second-order valence-electron chi connectivity index (χ2n) is 8.60. The number of ether oxygens (including phenoxy) is 3. The molecule has 0 amide bonds. The van der Waals surface area contributed by atoms with E-state index >= 15 is 0 Å². The molecule has 7 nitrogen and oxygen atoms in total. The van der Waals surface area contributed by atoms with Gasteiger partial charge in [0.2, 0.25) is 0 Å². The Balaban J connectivity index is 1.82. The first-order valence-corrected chi connectivity index (χ1v) is 13.6. The SMILES string of the molecule is CCOC(=O)C1=C(C)N=c2s/c(=C/c3ccc(OC)c(Br)c3)c(=O)n2C1c1c(OC)ccc2ccccc12. The number of rotatable bonds is 6. The van der Waals surface area contributed by atoms with Crippen LogP contribution >= 0.6 is 27.3 Å². The molecule has 0 aliphatic carbocycles. The number of benzene rings is 3. The van der Waals surface area contributed by atoms with Gasteiger partial charge < -0.3 is 14.2 Å². The third-order valence-corrected chi connectivity index (χ3v) is 8.02. The lowest BCUT2D eigenvalue weighted by molar-refractivity contribution is -0.139. The average Bonchev–Trinajstić information content (AvgIpc) is 3.21. The summed E-state index contributed by atoms with van der Waals surface area (Å²) in [5.74, 6) is 0.752. The second-order valence-corrected chi connectivity index (χ2v) is 10.5. The Morgan fingerprint density at radius 2 is 1.84 bits per heavy atom. The molecule has 1 unspecified atom stereocenters. The number of fused-ring (bicyclic) bond motifs is 2. The lowest BCUT2D eigenvalue weighted by Crippen LogP contribution is -2.40. The number of carbonyl (C=O) groups is 1. The number of methoxy groups -OCH3 is 2. The van der Waals surface area contributed by atoms with E-state index < -0.39 is 12.0 Å². The molecule has 1 atom stereocenters. The second kappa shape index (κ2) is 10.6. The molecule has 4 aromatic rings. The van der Waals surface area contributed by atoms with Crippen LogP contribution in [0.3, 0.4) is 0 Å². The van der Waals surface area contributed by atoms with E-state index in [4.69, 9.17) is 14.2 Å². The van der Waals surface area contributed by atoms with Crippen molar-refractivity contribution in [1.29, 1.82) is 0 Å². The summed E-state index contributed by atoms with van der Waals surface area (Å²) in [7, 11) is 3.18. The Morgan fingerprint density at radius 3 is 2.55 bits per heavy atom. The molecular weight excluding hydrogens is 568 g/mol. The molecule has 9 heteroatoms. The van der Waals surface area contributed by atoms with Gasteiger partial charge in [0, 0.05) is 5.56 Å². The van der Waals surface area contributed by atoms with E-state index in [9.17, 15) is 9.59 Å². The van der Waals surface area contributed by atoms with E-state index in [1.807, 2.05) is 60.7 Å². The van der Waals surface area contributed by atoms with Crippen LogP contribution in [0.2, 0.25) is 0 Å². The van der Waals surface area contributed by atoms with Gasteiger partial charge in [-0.25, -0.2) is 9.79 Å². The van der Waals surface area contributed by atoms with Gasteiger partial charge in [0.25, 0.3) is 5.56 Å². The lowest BCUT2D eigenvalue weighted by Gasteiger charge is -2.27. The molecule has 2 heterocycles. The van der Waals surface area contributed by atoms with Gasteiger partial charge in [-0.3, -0.25) is 9.36 Å². The first kappa shape index (κ1) is 25.9. The molecule has 194 valence electrons. The number of hydrogen-bond donors (Lipinski definition) is 0. The van der Waals surface area contributed by atoms with Crippen LogP contribution in [0.1, 0.15) is 31.0 Å². The molecule has 0 radical (unpaired) electrons. The summed E-state index contributed by atoms with van der Waals surface area (Å²) in [5.41, 5.74) is 2.09. The third kappa shape index (κ3) is 4.46. The Hall–Kier alpha value is -3.69. The quantitative estimate of drug-likeness (QED) is 0.302. The van der Waals surface area contributed by atoms with Crippen molar-refractivity contribution in [2.24, 2.45) is 4.99 Å². The maximum absolute atomic E-state index is 14.0. The summed E-state index contributed by atoms with van der Waals surface area (Å²) in [4.78, 5) is 32.5. The van der Waals surface area contributed by atoms with Crippen molar-refractivity contribution in [3.63, 3.8) is 0 Å². The van der Waals surface area contributed by atoms with E-state index in [0.717, 1.165) is 20.8 Å². The molecule has 0 saturated heterocycles. The molecule has 1 aliphatic heterocycles. The summed E-state index contributed by atoms with van der Waals surface area (Å²) in [5, 5.41) is 1.84. The van der Waals surface area contributed by atoms with Gasteiger partial charge in [-0.15, -0.1) is 0 Å². The fourth-order valence-corrected chi connectivity index (χ4v) is 6.33. The van der Waals surface area contributed by atoms with Crippen molar-refractivity contribution in [2.75, 3.05) is 20.8 Å². The van der Waals surface area contributed by atoms with Crippen LogP contribution in [0.25, 0.3) is 16.8 Å². The van der Waals surface area contributed by atoms with Gasteiger partial charge in [-0.2, -0.15) is 0 Å². The van der Waals surface area contributed by atoms with Gasteiger partial charge >= 0.3 is 5.97 Å². The van der Waals surface area contributed by atoms with Crippen LogP contribution in [0.15, 0.2) is 80.1 Å².